The highest BCUT2D eigenvalue weighted by Gasteiger charge is 2.33. The van der Waals surface area contributed by atoms with E-state index in [9.17, 15) is 0 Å². The van der Waals surface area contributed by atoms with Gasteiger partial charge in [0.05, 0.1) is 29.3 Å². The number of nitrogens with zero attached hydrogens (tertiary/aromatic N) is 2. The zero-order chi connectivity index (χ0) is 22.1. The van der Waals surface area contributed by atoms with E-state index in [4.69, 9.17) is 32.7 Å². The molecule has 2 bridgehead atoms. The highest BCUT2D eigenvalue weighted by atomic mass is 35.5. The molecule has 6 nitrogen and oxygen atoms in total. The first-order valence-corrected chi connectivity index (χ1v) is 11.8. The van der Waals surface area contributed by atoms with Crippen LogP contribution in [0.25, 0.3) is 10.9 Å². The lowest BCUT2D eigenvalue weighted by molar-refractivity contribution is 0.222. The van der Waals surface area contributed by atoms with E-state index in [2.05, 4.69) is 20.6 Å². The molecule has 33 heavy (non-hydrogen) atoms. The molecule has 1 unspecified atom stereocenters. The fourth-order valence-corrected chi connectivity index (χ4v) is 5.19. The second-order valence-electron chi connectivity index (χ2n) is 8.61. The van der Waals surface area contributed by atoms with Crippen LogP contribution in [0.2, 0.25) is 10.0 Å². The molecule has 3 aromatic rings. The predicted molar refractivity (Wildman–Crippen MR) is 136 cm³/mol. The van der Waals surface area contributed by atoms with Gasteiger partial charge in [-0.25, -0.2) is 9.97 Å². The number of hydrogen-bond donors (Lipinski definition) is 2. The first-order valence-electron chi connectivity index (χ1n) is 11.0. The molecule has 0 spiro atoms. The number of piperidine rings is 1. The van der Waals surface area contributed by atoms with Crippen LogP contribution >= 0.6 is 35.6 Å². The van der Waals surface area contributed by atoms with Gasteiger partial charge >= 0.3 is 0 Å². The van der Waals surface area contributed by atoms with Gasteiger partial charge in [-0.15, -0.1) is 12.4 Å². The Hall–Kier alpha value is -1.99. The minimum absolute atomic E-state index is 0. The van der Waals surface area contributed by atoms with Crippen LogP contribution < -0.4 is 20.1 Å². The van der Waals surface area contributed by atoms with Crippen molar-refractivity contribution in [1.82, 2.24) is 15.3 Å². The van der Waals surface area contributed by atoms with Gasteiger partial charge in [0, 0.05) is 29.2 Å². The Morgan fingerprint density at radius 3 is 2.55 bits per heavy atom. The molecular weight excluding hydrogens is 483 g/mol. The Balaban J connectivity index is 0.00000259. The van der Waals surface area contributed by atoms with Gasteiger partial charge in [0.15, 0.2) is 11.5 Å². The maximum absolute atomic E-state index is 6.16. The average molecular weight is 510 g/mol. The van der Waals surface area contributed by atoms with Crippen LogP contribution in [0.5, 0.6) is 11.5 Å². The maximum Gasteiger partial charge on any atom is 0.163 e. The molecule has 176 valence electrons. The normalized spacial score (nSPS) is 21.5. The summed E-state index contributed by atoms with van der Waals surface area (Å²) in [5.74, 6) is 2.75. The maximum atomic E-state index is 6.16. The highest BCUT2D eigenvalue weighted by molar-refractivity contribution is 6.42. The lowest BCUT2D eigenvalue weighted by atomic mass is 9.90. The standard InChI is InChI=1S/C24H26Cl2N4O2.ClH/c1-31-22-11-18-21(27-13-28-24(18)30-17-4-5-19(25)20(26)10-17)12-23(22)32-7-6-14-8-15-2-3-16(9-14)29-15;/h4-5,10-16,29H,2-3,6-9H2,1H3,(H,27,28,30);1H/t14?,15-,16+;. The second-order valence-corrected chi connectivity index (χ2v) is 9.42. The Labute approximate surface area is 209 Å². The first-order chi connectivity index (χ1) is 15.6. The van der Waals surface area contributed by atoms with E-state index in [1.807, 2.05) is 18.2 Å². The number of ether oxygens (including phenoxy) is 2. The van der Waals surface area contributed by atoms with Crippen molar-refractivity contribution in [2.45, 2.75) is 44.2 Å². The first kappa shape index (κ1) is 24.1. The van der Waals surface area contributed by atoms with E-state index in [1.165, 1.54) is 32.0 Å². The summed E-state index contributed by atoms with van der Waals surface area (Å²) in [5.41, 5.74) is 1.56. The van der Waals surface area contributed by atoms with Crippen LogP contribution in [-0.4, -0.2) is 35.8 Å². The van der Waals surface area contributed by atoms with Gasteiger partial charge in [-0.1, -0.05) is 23.2 Å². The van der Waals surface area contributed by atoms with Crippen molar-refractivity contribution in [3.05, 3.63) is 46.7 Å². The van der Waals surface area contributed by atoms with Gasteiger partial charge in [-0.05, 0) is 62.3 Å². The van der Waals surface area contributed by atoms with Gasteiger partial charge < -0.3 is 20.1 Å². The molecule has 0 radical (unpaired) electrons. The topological polar surface area (TPSA) is 68.3 Å². The molecule has 2 aromatic carbocycles. The summed E-state index contributed by atoms with van der Waals surface area (Å²) < 4.78 is 11.8. The van der Waals surface area contributed by atoms with E-state index in [-0.39, 0.29) is 12.4 Å². The van der Waals surface area contributed by atoms with E-state index >= 15 is 0 Å². The summed E-state index contributed by atoms with van der Waals surface area (Å²) in [7, 11) is 1.65. The predicted octanol–water partition coefficient (Wildman–Crippen LogP) is 6.41. The summed E-state index contributed by atoms with van der Waals surface area (Å²) in [6.45, 7) is 0.672. The fraction of sp³-hybridized carbons (Fsp3) is 0.417. The van der Waals surface area contributed by atoms with Gasteiger partial charge in [0.25, 0.3) is 0 Å². The molecule has 2 fully saturated rings. The largest absolute Gasteiger partial charge is 0.493 e. The summed E-state index contributed by atoms with van der Waals surface area (Å²) in [6.07, 6.45) is 7.74. The van der Waals surface area contributed by atoms with Crippen LogP contribution in [-0.2, 0) is 0 Å². The van der Waals surface area contributed by atoms with Crippen molar-refractivity contribution >= 4 is 58.0 Å². The SMILES string of the molecule is COc1cc2c(Nc3ccc(Cl)c(Cl)c3)ncnc2cc1OCCC1C[C@H]2CC[C@@H](C1)N2.Cl. The smallest absolute Gasteiger partial charge is 0.163 e. The summed E-state index contributed by atoms with van der Waals surface area (Å²) >= 11 is 12.2. The fourth-order valence-electron chi connectivity index (χ4n) is 4.89. The third kappa shape index (κ3) is 5.40. The minimum atomic E-state index is 0. The molecule has 3 atom stereocenters. The highest BCUT2D eigenvalue weighted by Crippen LogP contribution is 2.37. The Bertz CT molecular complexity index is 1120. The molecule has 0 amide bonds. The van der Waals surface area contributed by atoms with Crippen LogP contribution in [0.4, 0.5) is 11.5 Å². The molecule has 0 saturated carbocycles. The third-order valence-corrected chi connectivity index (χ3v) is 7.20. The number of benzene rings is 2. The van der Waals surface area contributed by atoms with Crippen molar-refractivity contribution < 1.29 is 9.47 Å². The van der Waals surface area contributed by atoms with Gasteiger partial charge in [-0.2, -0.15) is 0 Å². The van der Waals surface area contributed by atoms with Crippen LogP contribution in [0.1, 0.15) is 32.1 Å². The molecule has 2 aliphatic heterocycles. The molecule has 5 rings (SSSR count). The molecule has 1 aromatic heterocycles. The van der Waals surface area contributed by atoms with E-state index in [0.29, 0.717) is 46.1 Å². The number of rotatable bonds is 7. The number of fused-ring (bicyclic) bond motifs is 3. The van der Waals surface area contributed by atoms with Crippen LogP contribution in [0.3, 0.4) is 0 Å². The molecular formula is C24H27Cl3N4O2. The minimum Gasteiger partial charge on any atom is -0.493 e. The number of nitrogens with one attached hydrogen (secondary N) is 2. The van der Waals surface area contributed by atoms with Crippen molar-refractivity contribution in [3.63, 3.8) is 0 Å². The number of halogens is 3. The molecule has 2 N–H and O–H groups in total. The monoisotopic (exact) mass is 508 g/mol. The zero-order valence-corrected chi connectivity index (χ0v) is 20.6. The van der Waals surface area contributed by atoms with Crippen LogP contribution in [0, 0.1) is 5.92 Å². The van der Waals surface area contributed by atoms with E-state index in [0.717, 1.165) is 28.9 Å². The molecule has 2 aliphatic rings. The van der Waals surface area contributed by atoms with Crippen molar-refractivity contribution in [1.29, 1.82) is 0 Å². The summed E-state index contributed by atoms with van der Waals surface area (Å²) in [5, 5.41) is 8.80. The molecule has 2 saturated heterocycles. The zero-order valence-electron chi connectivity index (χ0n) is 18.3. The second kappa shape index (κ2) is 10.5. The Kier molecular flexibility index (Phi) is 7.69. The van der Waals surface area contributed by atoms with E-state index < -0.39 is 0 Å². The average Bonchev–Trinajstić information content (AvgIpc) is 3.14. The van der Waals surface area contributed by atoms with Crippen molar-refractivity contribution in [2.75, 3.05) is 19.0 Å². The number of methoxy groups -OCH3 is 1. The quantitative estimate of drug-likeness (QED) is 0.383. The number of anilines is 2. The van der Waals surface area contributed by atoms with Crippen molar-refractivity contribution in [2.24, 2.45) is 5.92 Å². The van der Waals surface area contributed by atoms with Gasteiger partial charge in [-0.3, -0.25) is 0 Å². The lowest BCUT2D eigenvalue weighted by Gasteiger charge is -2.29. The number of aromatic nitrogens is 2. The number of hydrogen-bond acceptors (Lipinski definition) is 6. The molecule has 9 heteroatoms. The Morgan fingerprint density at radius 1 is 1.03 bits per heavy atom. The van der Waals surface area contributed by atoms with Crippen molar-refractivity contribution in [3.8, 4) is 11.5 Å². The Morgan fingerprint density at radius 2 is 1.82 bits per heavy atom. The molecule has 3 heterocycles. The lowest BCUT2D eigenvalue weighted by Crippen LogP contribution is -2.38. The van der Waals surface area contributed by atoms with Gasteiger partial charge in [0.2, 0.25) is 0 Å². The molecule has 0 aliphatic carbocycles. The van der Waals surface area contributed by atoms with E-state index in [1.54, 1.807) is 19.2 Å². The third-order valence-electron chi connectivity index (χ3n) is 6.46. The summed E-state index contributed by atoms with van der Waals surface area (Å²) in [4.78, 5) is 8.84. The summed E-state index contributed by atoms with van der Waals surface area (Å²) in [6, 6.07) is 10.6. The van der Waals surface area contributed by atoms with Crippen LogP contribution in [0.15, 0.2) is 36.7 Å². The van der Waals surface area contributed by atoms with Gasteiger partial charge in [0.1, 0.15) is 12.1 Å².